The SMILES string of the molecule is CCCN(CCC)c1cc(C(=O)N(Cl)c2ccc(CN)cc2)ncn1. The molecule has 1 amide bonds. The monoisotopic (exact) mass is 361 g/mol. The fraction of sp³-hybridized carbons (Fsp3) is 0.389. The standard InChI is InChI=1S/C18H24ClN5O/c1-3-9-23(10-4-2)17-11-16(21-13-22-17)18(25)24(19)15-7-5-14(12-20)6-8-15/h5-8,11,13H,3-4,9-10,12,20H2,1-2H3. The number of hydrogen-bond acceptors (Lipinski definition) is 5. The van der Waals surface area contributed by atoms with Crippen LogP contribution in [0.2, 0.25) is 0 Å². The topological polar surface area (TPSA) is 75.4 Å². The summed E-state index contributed by atoms with van der Waals surface area (Å²) < 4.78 is 1.07. The molecule has 0 radical (unpaired) electrons. The molecule has 2 aromatic rings. The Hall–Kier alpha value is -2.18. The summed E-state index contributed by atoms with van der Waals surface area (Å²) >= 11 is 6.22. The molecular weight excluding hydrogens is 338 g/mol. The Bertz CT molecular complexity index is 686. The lowest BCUT2D eigenvalue weighted by Crippen LogP contribution is -2.27. The summed E-state index contributed by atoms with van der Waals surface area (Å²) in [6, 6.07) is 8.89. The number of nitrogens with two attached hydrogens (primary N) is 1. The quantitative estimate of drug-likeness (QED) is 0.729. The first kappa shape index (κ1) is 19.1. The van der Waals surface area contributed by atoms with Gasteiger partial charge in [0.1, 0.15) is 17.8 Å². The molecule has 6 nitrogen and oxygen atoms in total. The molecule has 0 fully saturated rings. The van der Waals surface area contributed by atoms with Crippen LogP contribution in [0.15, 0.2) is 36.7 Å². The fourth-order valence-electron chi connectivity index (χ4n) is 2.50. The van der Waals surface area contributed by atoms with E-state index < -0.39 is 5.91 Å². The molecule has 7 heteroatoms. The van der Waals surface area contributed by atoms with E-state index in [1.807, 2.05) is 12.1 Å². The van der Waals surface area contributed by atoms with Gasteiger partial charge in [0.25, 0.3) is 5.91 Å². The number of rotatable bonds is 8. The Labute approximate surface area is 153 Å². The smallest absolute Gasteiger partial charge is 0.291 e. The van der Waals surface area contributed by atoms with Gasteiger partial charge in [-0.05, 0) is 30.5 Å². The van der Waals surface area contributed by atoms with Gasteiger partial charge in [0, 0.05) is 37.5 Å². The zero-order valence-corrected chi connectivity index (χ0v) is 15.4. The zero-order chi connectivity index (χ0) is 18.2. The van der Waals surface area contributed by atoms with Crippen molar-refractivity contribution in [3.05, 3.63) is 47.9 Å². The van der Waals surface area contributed by atoms with Crippen LogP contribution in [0.3, 0.4) is 0 Å². The molecule has 0 spiro atoms. The summed E-state index contributed by atoms with van der Waals surface area (Å²) in [5.41, 5.74) is 7.39. The van der Waals surface area contributed by atoms with Crippen LogP contribution in [0.1, 0.15) is 42.7 Å². The highest BCUT2D eigenvalue weighted by Crippen LogP contribution is 2.21. The molecule has 2 N–H and O–H groups in total. The van der Waals surface area contributed by atoms with Crippen LogP contribution in [-0.4, -0.2) is 29.0 Å². The second-order valence-electron chi connectivity index (χ2n) is 5.71. The minimum absolute atomic E-state index is 0.264. The second-order valence-corrected chi connectivity index (χ2v) is 6.04. The van der Waals surface area contributed by atoms with Gasteiger partial charge in [0.15, 0.2) is 0 Å². The molecule has 1 aromatic carbocycles. The van der Waals surface area contributed by atoms with Crippen LogP contribution < -0.4 is 15.1 Å². The minimum atomic E-state index is -0.390. The summed E-state index contributed by atoms with van der Waals surface area (Å²) in [5.74, 6) is 0.351. The average molecular weight is 362 g/mol. The molecule has 2 rings (SSSR count). The van der Waals surface area contributed by atoms with Gasteiger partial charge in [-0.2, -0.15) is 0 Å². The number of anilines is 2. The number of benzene rings is 1. The van der Waals surface area contributed by atoms with Gasteiger partial charge in [-0.15, -0.1) is 0 Å². The third-order valence-corrected chi connectivity index (χ3v) is 4.11. The van der Waals surface area contributed by atoms with Crippen molar-refractivity contribution in [2.75, 3.05) is 22.4 Å². The van der Waals surface area contributed by atoms with Crippen LogP contribution in [0.25, 0.3) is 0 Å². The minimum Gasteiger partial charge on any atom is -0.357 e. The zero-order valence-electron chi connectivity index (χ0n) is 14.7. The maximum absolute atomic E-state index is 12.7. The number of aromatic nitrogens is 2. The highest BCUT2D eigenvalue weighted by molar-refractivity contribution is 6.39. The van der Waals surface area contributed by atoms with Gasteiger partial charge in [0.05, 0.1) is 5.69 Å². The molecule has 0 aliphatic heterocycles. The van der Waals surface area contributed by atoms with Gasteiger partial charge >= 0.3 is 0 Å². The van der Waals surface area contributed by atoms with E-state index in [1.54, 1.807) is 18.2 Å². The molecule has 134 valence electrons. The molecule has 25 heavy (non-hydrogen) atoms. The third kappa shape index (κ3) is 4.90. The number of hydrogen-bond donors (Lipinski definition) is 1. The van der Waals surface area contributed by atoms with E-state index in [0.29, 0.717) is 12.2 Å². The molecule has 1 aromatic heterocycles. The lowest BCUT2D eigenvalue weighted by Gasteiger charge is -2.22. The van der Waals surface area contributed by atoms with Crippen molar-refractivity contribution in [3.63, 3.8) is 0 Å². The van der Waals surface area contributed by atoms with Crippen LogP contribution >= 0.6 is 11.8 Å². The van der Waals surface area contributed by atoms with Crippen LogP contribution in [-0.2, 0) is 6.54 Å². The molecular formula is C18H24ClN5O. The van der Waals surface area contributed by atoms with Gasteiger partial charge in [-0.1, -0.05) is 26.0 Å². The van der Waals surface area contributed by atoms with Crippen molar-refractivity contribution in [2.24, 2.45) is 5.73 Å². The molecule has 0 saturated heterocycles. The van der Waals surface area contributed by atoms with Crippen molar-refractivity contribution in [3.8, 4) is 0 Å². The first-order chi connectivity index (χ1) is 12.1. The summed E-state index contributed by atoms with van der Waals surface area (Å²) in [4.78, 5) is 23.2. The maximum atomic E-state index is 12.7. The fourth-order valence-corrected chi connectivity index (χ4v) is 2.70. The maximum Gasteiger partial charge on any atom is 0.291 e. The first-order valence-corrected chi connectivity index (χ1v) is 8.80. The Balaban J connectivity index is 2.21. The number of nitrogens with zero attached hydrogens (tertiary/aromatic N) is 4. The molecule has 0 unspecified atom stereocenters. The Morgan fingerprint density at radius 2 is 1.76 bits per heavy atom. The summed E-state index contributed by atoms with van der Waals surface area (Å²) in [7, 11) is 0. The predicted molar refractivity (Wildman–Crippen MR) is 102 cm³/mol. The number of carbonyl (C=O) groups is 1. The lowest BCUT2D eigenvalue weighted by molar-refractivity contribution is 0.100. The third-order valence-electron chi connectivity index (χ3n) is 3.76. The van der Waals surface area contributed by atoms with Gasteiger partial charge in [-0.25, -0.2) is 14.4 Å². The number of amides is 1. The van der Waals surface area contributed by atoms with Crippen LogP contribution in [0.4, 0.5) is 11.5 Å². The molecule has 0 bridgehead atoms. The highest BCUT2D eigenvalue weighted by Gasteiger charge is 2.19. The molecule has 0 saturated carbocycles. The normalized spacial score (nSPS) is 10.6. The molecule has 1 heterocycles. The molecule has 0 aliphatic rings. The largest absolute Gasteiger partial charge is 0.357 e. The average Bonchev–Trinajstić information content (AvgIpc) is 2.67. The van der Waals surface area contributed by atoms with E-state index in [9.17, 15) is 4.79 Å². The summed E-state index contributed by atoms with van der Waals surface area (Å²) in [5, 5.41) is 0. The van der Waals surface area contributed by atoms with Crippen LogP contribution in [0.5, 0.6) is 0 Å². The summed E-state index contributed by atoms with van der Waals surface area (Å²) in [6.45, 7) is 6.42. The van der Waals surface area contributed by atoms with Crippen molar-refractivity contribution in [1.82, 2.24) is 9.97 Å². The van der Waals surface area contributed by atoms with Gasteiger partial charge in [-0.3, -0.25) is 4.79 Å². The van der Waals surface area contributed by atoms with Crippen molar-refractivity contribution >= 4 is 29.2 Å². The van der Waals surface area contributed by atoms with E-state index in [2.05, 4.69) is 28.7 Å². The molecule has 0 aliphatic carbocycles. The lowest BCUT2D eigenvalue weighted by atomic mass is 10.2. The van der Waals surface area contributed by atoms with E-state index in [0.717, 1.165) is 41.7 Å². The highest BCUT2D eigenvalue weighted by atomic mass is 35.5. The second kappa shape index (κ2) is 9.34. The summed E-state index contributed by atoms with van der Waals surface area (Å²) in [6.07, 6.45) is 3.41. The van der Waals surface area contributed by atoms with Crippen molar-refractivity contribution < 1.29 is 4.79 Å². The van der Waals surface area contributed by atoms with Gasteiger partial charge < -0.3 is 10.6 Å². The van der Waals surface area contributed by atoms with Crippen molar-refractivity contribution in [1.29, 1.82) is 0 Å². The number of carbonyl (C=O) groups excluding carboxylic acids is 1. The van der Waals surface area contributed by atoms with E-state index >= 15 is 0 Å². The Kier molecular flexibility index (Phi) is 7.16. The first-order valence-electron chi connectivity index (χ1n) is 8.46. The molecule has 0 atom stereocenters. The van der Waals surface area contributed by atoms with Gasteiger partial charge in [0.2, 0.25) is 0 Å². The van der Waals surface area contributed by atoms with E-state index in [-0.39, 0.29) is 5.69 Å². The predicted octanol–water partition coefficient (Wildman–Crippen LogP) is 3.36. The van der Waals surface area contributed by atoms with E-state index in [1.165, 1.54) is 6.33 Å². The van der Waals surface area contributed by atoms with Crippen molar-refractivity contribution in [2.45, 2.75) is 33.2 Å². The van der Waals surface area contributed by atoms with E-state index in [4.69, 9.17) is 17.5 Å². The Morgan fingerprint density at radius 3 is 2.32 bits per heavy atom. The Morgan fingerprint density at radius 1 is 1.12 bits per heavy atom. The number of halogens is 1. The van der Waals surface area contributed by atoms with Crippen LogP contribution in [0, 0.1) is 0 Å².